The second-order valence-electron chi connectivity index (χ2n) is 5.99. The van der Waals surface area contributed by atoms with E-state index in [-0.39, 0.29) is 29.5 Å². The minimum Gasteiger partial charge on any atom is -0.338 e. The molecule has 0 aromatic heterocycles. The maximum absolute atomic E-state index is 12.0. The Bertz CT molecular complexity index is 842. The third-order valence-electron chi connectivity index (χ3n) is 3.98. The Balaban J connectivity index is 1.45. The van der Waals surface area contributed by atoms with Crippen LogP contribution in [0.3, 0.4) is 0 Å². The third kappa shape index (κ3) is 5.48. The van der Waals surface area contributed by atoms with Gasteiger partial charge >= 0.3 is 6.03 Å². The van der Waals surface area contributed by atoms with Crippen LogP contribution < -0.4 is 10.6 Å². The van der Waals surface area contributed by atoms with Crippen molar-refractivity contribution in [3.63, 3.8) is 0 Å². The number of rotatable bonds is 6. The van der Waals surface area contributed by atoms with Crippen molar-refractivity contribution in [2.75, 3.05) is 17.6 Å². The maximum atomic E-state index is 12.0. The van der Waals surface area contributed by atoms with Gasteiger partial charge < -0.3 is 10.6 Å². The molecule has 1 saturated heterocycles. The van der Waals surface area contributed by atoms with Crippen LogP contribution in [0.25, 0.3) is 0 Å². The first-order chi connectivity index (χ1) is 13.0. The number of halogens is 1. The molecule has 0 spiro atoms. The van der Waals surface area contributed by atoms with Gasteiger partial charge in [-0.05, 0) is 41.8 Å². The van der Waals surface area contributed by atoms with Gasteiger partial charge in [0.2, 0.25) is 5.91 Å². The van der Waals surface area contributed by atoms with Crippen molar-refractivity contribution in [2.45, 2.75) is 13.0 Å². The summed E-state index contributed by atoms with van der Waals surface area (Å²) in [5.41, 5.74) is 2.51. The van der Waals surface area contributed by atoms with E-state index in [0.29, 0.717) is 23.7 Å². The number of amides is 4. The molecule has 1 aliphatic heterocycles. The van der Waals surface area contributed by atoms with E-state index in [0.717, 1.165) is 22.9 Å². The molecule has 0 radical (unpaired) electrons. The van der Waals surface area contributed by atoms with Crippen molar-refractivity contribution in [1.82, 2.24) is 10.2 Å². The van der Waals surface area contributed by atoms with Gasteiger partial charge in [0.1, 0.15) is 0 Å². The molecule has 27 heavy (non-hydrogen) atoms. The Kier molecular flexibility index (Phi) is 6.36. The van der Waals surface area contributed by atoms with Gasteiger partial charge in [0.25, 0.3) is 5.24 Å². The Morgan fingerprint density at radius 1 is 1.11 bits per heavy atom. The Labute approximate surface area is 166 Å². The molecule has 1 fully saturated rings. The highest BCUT2D eigenvalue weighted by atomic mass is 35.5. The van der Waals surface area contributed by atoms with Crippen LogP contribution in [-0.4, -0.2) is 34.4 Å². The van der Waals surface area contributed by atoms with Crippen LogP contribution in [-0.2, 0) is 17.8 Å². The normalized spacial score (nSPS) is 13.7. The van der Waals surface area contributed by atoms with Crippen LogP contribution >= 0.6 is 23.4 Å². The summed E-state index contributed by atoms with van der Waals surface area (Å²) in [5.74, 6) is 0.0275. The van der Waals surface area contributed by atoms with Gasteiger partial charge in [-0.1, -0.05) is 47.6 Å². The van der Waals surface area contributed by atoms with Gasteiger partial charge in [-0.15, -0.1) is 0 Å². The van der Waals surface area contributed by atoms with Gasteiger partial charge in [-0.25, -0.2) is 4.79 Å². The second-order valence-corrected chi connectivity index (χ2v) is 7.36. The summed E-state index contributed by atoms with van der Waals surface area (Å²) in [7, 11) is 0. The lowest BCUT2D eigenvalue weighted by molar-refractivity contribution is -0.125. The van der Waals surface area contributed by atoms with Crippen molar-refractivity contribution >= 4 is 46.2 Å². The molecular weight excluding hydrogens is 386 g/mol. The first-order valence-electron chi connectivity index (χ1n) is 8.36. The molecule has 1 aliphatic rings. The van der Waals surface area contributed by atoms with Crippen LogP contribution in [0.5, 0.6) is 0 Å². The molecular formula is C19H18ClN3O3S. The average molecular weight is 404 g/mol. The maximum Gasteiger partial charge on any atom is 0.319 e. The Hall–Kier alpha value is -2.51. The van der Waals surface area contributed by atoms with E-state index in [9.17, 15) is 14.4 Å². The molecule has 2 aromatic carbocycles. The van der Waals surface area contributed by atoms with Gasteiger partial charge in [-0.2, -0.15) is 0 Å². The first-order valence-corrected chi connectivity index (χ1v) is 9.73. The van der Waals surface area contributed by atoms with E-state index in [1.807, 2.05) is 24.3 Å². The average Bonchev–Trinajstić information content (AvgIpc) is 2.95. The quantitative estimate of drug-likeness (QED) is 0.766. The van der Waals surface area contributed by atoms with Gasteiger partial charge in [0, 0.05) is 17.3 Å². The van der Waals surface area contributed by atoms with E-state index in [1.165, 1.54) is 4.90 Å². The topological polar surface area (TPSA) is 78.5 Å². The van der Waals surface area contributed by atoms with E-state index in [2.05, 4.69) is 10.6 Å². The lowest BCUT2D eigenvalue weighted by Crippen LogP contribution is -2.30. The lowest BCUT2D eigenvalue weighted by Gasteiger charge is -2.13. The summed E-state index contributed by atoms with van der Waals surface area (Å²) in [6.45, 7) is 0.734. The van der Waals surface area contributed by atoms with Gasteiger partial charge in [0.05, 0.1) is 12.3 Å². The number of nitrogens with zero attached hydrogens (tertiary/aromatic N) is 1. The predicted octanol–water partition coefficient (Wildman–Crippen LogP) is 3.90. The number of carbonyl (C=O) groups excluding carboxylic acids is 3. The highest BCUT2D eigenvalue weighted by Crippen LogP contribution is 2.21. The summed E-state index contributed by atoms with van der Waals surface area (Å²) in [4.78, 5) is 36.5. The number of benzene rings is 2. The number of imide groups is 1. The first kappa shape index (κ1) is 19.3. The van der Waals surface area contributed by atoms with Crippen LogP contribution in [0.4, 0.5) is 15.3 Å². The molecule has 4 amide bonds. The van der Waals surface area contributed by atoms with E-state index in [4.69, 9.17) is 11.6 Å². The number of carbonyl (C=O) groups is 3. The van der Waals surface area contributed by atoms with Crippen molar-refractivity contribution in [3.8, 4) is 0 Å². The van der Waals surface area contributed by atoms with Crippen molar-refractivity contribution < 1.29 is 14.4 Å². The number of nitrogens with one attached hydrogen (secondary N) is 2. The van der Waals surface area contributed by atoms with Crippen LogP contribution in [0.15, 0.2) is 48.5 Å². The summed E-state index contributed by atoms with van der Waals surface area (Å²) in [5, 5.41) is 5.99. The summed E-state index contributed by atoms with van der Waals surface area (Å²) in [6, 6.07) is 14.3. The van der Waals surface area contributed by atoms with E-state index < -0.39 is 0 Å². The van der Waals surface area contributed by atoms with Crippen LogP contribution in [0.2, 0.25) is 5.02 Å². The van der Waals surface area contributed by atoms with Crippen LogP contribution in [0, 0.1) is 0 Å². The molecule has 1 heterocycles. The smallest absolute Gasteiger partial charge is 0.319 e. The fourth-order valence-corrected chi connectivity index (χ4v) is 3.54. The minimum absolute atomic E-state index is 0.175. The molecule has 0 unspecified atom stereocenters. The fourth-order valence-electron chi connectivity index (χ4n) is 2.60. The standard InChI is InChI=1S/C19H18ClN3O3S/c20-15-3-1-2-13(10-15)8-9-21-18(25)22-16-6-4-14(5-7-16)11-23-17(24)12-27-19(23)26/h1-7,10H,8-9,11-12H2,(H2,21,22,25). The molecule has 2 aromatic rings. The molecule has 0 saturated carbocycles. The largest absolute Gasteiger partial charge is 0.338 e. The molecule has 0 bridgehead atoms. The lowest BCUT2D eigenvalue weighted by atomic mass is 10.1. The SMILES string of the molecule is O=C(NCCc1cccc(Cl)c1)Nc1ccc(CN2C(=O)CSC2=O)cc1. The Morgan fingerprint density at radius 3 is 2.56 bits per heavy atom. The van der Waals surface area contributed by atoms with Crippen molar-refractivity contribution in [1.29, 1.82) is 0 Å². The van der Waals surface area contributed by atoms with Gasteiger partial charge in [-0.3, -0.25) is 14.5 Å². The highest BCUT2D eigenvalue weighted by Gasteiger charge is 2.29. The number of anilines is 1. The molecule has 6 nitrogen and oxygen atoms in total. The zero-order valence-electron chi connectivity index (χ0n) is 14.4. The van der Waals surface area contributed by atoms with Crippen LogP contribution in [0.1, 0.15) is 11.1 Å². The zero-order chi connectivity index (χ0) is 19.2. The summed E-state index contributed by atoms with van der Waals surface area (Å²) in [6.07, 6.45) is 0.683. The molecule has 2 N–H and O–H groups in total. The Morgan fingerprint density at radius 2 is 1.89 bits per heavy atom. The predicted molar refractivity (Wildman–Crippen MR) is 107 cm³/mol. The number of thioether (sulfide) groups is 1. The van der Waals surface area contributed by atoms with E-state index >= 15 is 0 Å². The summed E-state index contributed by atoms with van der Waals surface area (Å²) >= 11 is 6.95. The van der Waals surface area contributed by atoms with Crippen molar-refractivity contribution in [3.05, 3.63) is 64.7 Å². The molecule has 8 heteroatoms. The van der Waals surface area contributed by atoms with Crippen molar-refractivity contribution in [2.24, 2.45) is 0 Å². The minimum atomic E-state index is -0.300. The fraction of sp³-hybridized carbons (Fsp3) is 0.211. The highest BCUT2D eigenvalue weighted by molar-refractivity contribution is 8.14. The molecule has 140 valence electrons. The number of urea groups is 1. The van der Waals surface area contributed by atoms with E-state index in [1.54, 1.807) is 24.3 Å². The molecule has 0 aliphatic carbocycles. The summed E-state index contributed by atoms with van der Waals surface area (Å²) < 4.78 is 0. The monoisotopic (exact) mass is 403 g/mol. The molecule has 0 atom stereocenters. The third-order valence-corrected chi connectivity index (χ3v) is 5.08. The second kappa shape index (κ2) is 8.92. The zero-order valence-corrected chi connectivity index (χ0v) is 16.0. The van der Waals surface area contributed by atoms with Gasteiger partial charge in [0.15, 0.2) is 0 Å². The number of hydrogen-bond acceptors (Lipinski definition) is 4. The number of hydrogen-bond donors (Lipinski definition) is 2. The molecule has 3 rings (SSSR count).